The number of hydrogen-bond donors (Lipinski definition) is 3. The molecule has 0 aliphatic carbocycles. The molecule has 6 atom stereocenters. The van der Waals surface area contributed by atoms with Crippen LogP contribution in [0.15, 0.2) is 24.3 Å². The van der Waals surface area contributed by atoms with Crippen LogP contribution in [0.1, 0.15) is 318 Å². The molecule has 0 saturated heterocycles. The maximum Gasteiger partial charge on any atom is 0.472 e. The Balaban J connectivity index is 5.28. The third kappa shape index (κ3) is 61.1. The average Bonchev–Trinajstić information content (AvgIpc) is 3.63. The minimum absolute atomic E-state index is 0.0970. The topological polar surface area (TPSA) is 237 Å². The third-order valence-electron chi connectivity index (χ3n) is 15.6. The zero-order valence-corrected chi connectivity index (χ0v) is 58.5. The molecule has 0 amide bonds. The van der Waals surface area contributed by atoms with E-state index in [-0.39, 0.29) is 25.7 Å². The molecular formula is C69H130O17P2. The molecular weight excluding hydrogens is 1160 g/mol. The molecule has 0 bridgehead atoms. The maximum atomic E-state index is 13.0. The highest BCUT2D eigenvalue weighted by Gasteiger charge is 2.30. The lowest BCUT2D eigenvalue weighted by molar-refractivity contribution is -0.161. The van der Waals surface area contributed by atoms with E-state index in [0.717, 1.165) is 127 Å². The van der Waals surface area contributed by atoms with E-state index in [0.29, 0.717) is 31.6 Å². The zero-order chi connectivity index (χ0) is 65.2. The summed E-state index contributed by atoms with van der Waals surface area (Å²) < 4.78 is 68.2. The van der Waals surface area contributed by atoms with Gasteiger partial charge in [-0.2, -0.15) is 0 Å². The number of aliphatic hydroxyl groups is 1. The molecule has 19 heteroatoms. The summed E-state index contributed by atoms with van der Waals surface area (Å²) in [5, 5.41) is 10.6. The van der Waals surface area contributed by atoms with Gasteiger partial charge in [0.15, 0.2) is 12.2 Å². The van der Waals surface area contributed by atoms with Crippen LogP contribution in [0.4, 0.5) is 0 Å². The van der Waals surface area contributed by atoms with Crippen LogP contribution in [0.3, 0.4) is 0 Å². The van der Waals surface area contributed by atoms with Crippen molar-refractivity contribution in [3.05, 3.63) is 24.3 Å². The highest BCUT2D eigenvalue weighted by Crippen LogP contribution is 2.45. The van der Waals surface area contributed by atoms with Crippen molar-refractivity contribution in [3.8, 4) is 0 Å². The van der Waals surface area contributed by atoms with Gasteiger partial charge in [0.2, 0.25) is 0 Å². The van der Waals surface area contributed by atoms with Crippen LogP contribution in [-0.2, 0) is 65.4 Å². The fourth-order valence-corrected chi connectivity index (χ4v) is 11.4. The van der Waals surface area contributed by atoms with Gasteiger partial charge in [-0.3, -0.25) is 37.3 Å². The van der Waals surface area contributed by atoms with Crippen molar-refractivity contribution in [2.75, 3.05) is 39.6 Å². The fraction of sp³-hybridized carbons (Fsp3) is 0.884. The summed E-state index contributed by atoms with van der Waals surface area (Å²) in [5.41, 5.74) is 0. The molecule has 0 heterocycles. The minimum atomic E-state index is -4.96. The summed E-state index contributed by atoms with van der Waals surface area (Å²) in [6.07, 6.45) is 45.4. The van der Waals surface area contributed by atoms with Crippen molar-refractivity contribution < 1.29 is 80.2 Å². The van der Waals surface area contributed by atoms with Gasteiger partial charge in [0.05, 0.1) is 26.4 Å². The van der Waals surface area contributed by atoms with E-state index in [1.165, 1.54) is 103 Å². The summed E-state index contributed by atoms with van der Waals surface area (Å²) in [5.74, 6) is 0.0172. The van der Waals surface area contributed by atoms with Crippen molar-refractivity contribution in [2.45, 2.75) is 336 Å². The highest BCUT2D eigenvalue weighted by atomic mass is 31.2. The number of hydrogen-bond acceptors (Lipinski definition) is 15. The molecule has 0 saturated carbocycles. The van der Waals surface area contributed by atoms with Crippen molar-refractivity contribution in [2.24, 2.45) is 17.8 Å². The van der Waals surface area contributed by atoms with E-state index in [2.05, 4.69) is 72.8 Å². The Kier molecular flexibility index (Phi) is 57.9. The summed E-state index contributed by atoms with van der Waals surface area (Å²) in [4.78, 5) is 72.4. The van der Waals surface area contributed by atoms with Crippen LogP contribution in [0.25, 0.3) is 0 Å². The lowest BCUT2D eigenvalue weighted by Gasteiger charge is -2.21. The van der Waals surface area contributed by atoms with E-state index in [1.54, 1.807) is 0 Å². The van der Waals surface area contributed by atoms with Crippen LogP contribution in [0.5, 0.6) is 0 Å². The second-order valence-electron chi connectivity index (χ2n) is 25.4. The van der Waals surface area contributed by atoms with Crippen LogP contribution in [-0.4, -0.2) is 96.7 Å². The molecule has 0 spiro atoms. The minimum Gasteiger partial charge on any atom is -0.462 e. The number of carbonyl (C=O) groups excluding carboxylic acids is 4. The van der Waals surface area contributed by atoms with E-state index in [1.807, 2.05) is 0 Å². The number of unbranched alkanes of at least 4 members (excludes halogenated alkanes) is 29. The Morgan fingerprint density at radius 3 is 1.01 bits per heavy atom. The number of aliphatic hydroxyl groups excluding tert-OH is 1. The van der Waals surface area contributed by atoms with E-state index >= 15 is 0 Å². The van der Waals surface area contributed by atoms with Crippen molar-refractivity contribution in [1.29, 1.82) is 0 Å². The van der Waals surface area contributed by atoms with Crippen LogP contribution >= 0.6 is 15.6 Å². The zero-order valence-electron chi connectivity index (χ0n) is 56.7. The van der Waals surface area contributed by atoms with Gasteiger partial charge in [-0.05, 0) is 69.1 Å². The Morgan fingerprint density at radius 1 is 0.375 bits per heavy atom. The number of allylic oxidation sites excluding steroid dienone is 4. The summed E-state index contributed by atoms with van der Waals surface area (Å²) >= 11 is 0. The van der Waals surface area contributed by atoms with Gasteiger partial charge < -0.3 is 33.8 Å². The van der Waals surface area contributed by atoms with Crippen molar-refractivity contribution in [3.63, 3.8) is 0 Å². The third-order valence-corrected chi connectivity index (χ3v) is 17.5. The quantitative estimate of drug-likeness (QED) is 0.0169. The Hall–Kier alpha value is -2.46. The predicted octanol–water partition coefficient (Wildman–Crippen LogP) is 19.0. The monoisotopic (exact) mass is 1290 g/mol. The molecule has 0 fully saturated rings. The molecule has 0 radical (unpaired) electrons. The van der Waals surface area contributed by atoms with Gasteiger partial charge in [-0.1, -0.05) is 265 Å². The van der Waals surface area contributed by atoms with Crippen LogP contribution < -0.4 is 0 Å². The van der Waals surface area contributed by atoms with Gasteiger partial charge in [0, 0.05) is 25.7 Å². The largest absolute Gasteiger partial charge is 0.472 e. The van der Waals surface area contributed by atoms with E-state index in [4.69, 9.17) is 37.0 Å². The molecule has 3 N–H and O–H groups in total. The molecule has 0 aromatic rings. The molecule has 17 nitrogen and oxygen atoms in total. The standard InChI is InChI=1S/C69H130O17P2/c1-8-10-11-12-13-14-15-16-17-18-19-22-28-36-43-50-66(71)79-56-64(86-69(74)53-46-39-30-25-24-27-34-41-48-61(5)6)58-83-87(75,76)81-54-63(70)55-82-88(77,78)84-59-65(57-80-67(72)51-44-37-32-31-35-42-49-62(7)9-2)85-68(73)52-45-38-29-23-20-21-26-33-40-47-60(3)4/h14-17,60-65,70H,8-13,18-59H2,1-7H3,(H,75,76)(H,77,78)/b15-14-,17-16-/t62?,63-,64-,65-/m1/s1. The van der Waals surface area contributed by atoms with Gasteiger partial charge >= 0.3 is 39.5 Å². The fourth-order valence-electron chi connectivity index (χ4n) is 9.79. The Labute approximate surface area is 535 Å². The maximum absolute atomic E-state index is 13.0. The second-order valence-corrected chi connectivity index (χ2v) is 28.3. The Morgan fingerprint density at radius 2 is 0.670 bits per heavy atom. The first-order valence-electron chi connectivity index (χ1n) is 35.2. The summed E-state index contributed by atoms with van der Waals surface area (Å²) in [7, 11) is -9.91. The van der Waals surface area contributed by atoms with Gasteiger partial charge in [-0.15, -0.1) is 0 Å². The number of ether oxygens (including phenoxy) is 4. The number of carbonyl (C=O) groups is 4. The first-order chi connectivity index (χ1) is 42.3. The first kappa shape index (κ1) is 85.5. The molecule has 0 aliphatic rings. The molecule has 0 aromatic heterocycles. The van der Waals surface area contributed by atoms with Crippen LogP contribution in [0, 0.1) is 17.8 Å². The molecule has 3 unspecified atom stereocenters. The second kappa shape index (κ2) is 59.5. The summed E-state index contributed by atoms with van der Waals surface area (Å²) in [6, 6.07) is 0. The van der Waals surface area contributed by atoms with Gasteiger partial charge in [0.1, 0.15) is 19.3 Å². The Bertz CT molecular complexity index is 1830. The summed E-state index contributed by atoms with van der Waals surface area (Å²) in [6.45, 7) is 11.7. The number of phosphoric ester groups is 2. The SMILES string of the molecule is CCCCCC/C=C\C=C/CCCCCCCC(=O)OC[C@H](COP(=O)(O)OC[C@@H](O)COP(=O)(O)OC[C@@H](COC(=O)CCCCCCCCC(C)CC)OC(=O)CCCCCCCCCCCC(C)C)OC(=O)CCCCCCCCCCC(C)C. The average molecular weight is 1290 g/mol. The normalized spacial score (nSPS) is 14.7. The smallest absolute Gasteiger partial charge is 0.462 e. The molecule has 518 valence electrons. The number of phosphoric acid groups is 2. The predicted molar refractivity (Wildman–Crippen MR) is 354 cm³/mol. The van der Waals surface area contributed by atoms with Gasteiger partial charge in [-0.25, -0.2) is 9.13 Å². The number of esters is 4. The van der Waals surface area contributed by atoms with Crippen molar-refractivity contribution in [1.82, 2.24) is 0 Å². The van der Waals surface area contributed by atoms with Crippen molar-refractivity contribution >= 4 is 39.5 Å². The molecule has 0 rings (SSSR count). The van der Waals surface area contributed by atoms with E-state index < -0.39 is 97.5 Å². The molecule has 0 aliphatic heterocycles. The number of rotatable bonds is 65. The first-order valence-corrected chi connectivity index (χ1v) is 38.2. The highest BCUT2D eigenvalue weighted by molar-refractivity contribution is 7.47. The molecule has 0 aromatic carbocycles. The molecule has 88 heavy (non-hydrogen) atoms. The van der Waals surface area contributed by atoms with Gasteiger partial charge in [0.25, 0.3) is 0 Å². The lowest BCUT2D eigenvalue weighted by Crippen LogP contribution is -2.30. The lowest BCUT2D eigenvalue weighted by atomic mass is 10.00. The van der Waals surface area contributed by atoms with E-state index in [9.17, 15) is 43.2 Å². The van der Waals surface area contributed by atoms with Crippen LogP contribution in [0.2, 0.25) is 0 Å².